The standard InChI is InChI=1S/C23H30N4O/c1-4-5-15-23(2,20-12-7-6-8-13-20)17-26-22(27-18-24)25-16-19-11-9-10-14-21(19)28-3/h6-14H,4-5,15-17H2,1-3H3,(H2,25,26,27). The number of rotatable bonds is 9. The number of methoxy groups -OCH3 is 1. The van der Waals surface area contributed by atoms with Gasteiger partial charge in [-0.1, -0.05) is 75.2 Å². The summed E-state index contributed by atoms with van der Waals surface area (Å²) in [6, 6.07) is 18.3. The number of benzene rings is 2. The minimum absolute atomic E-state index is 0.0421. The zero-order valence-corrected chi connectivity index (χ0v) is 17.0. The minimum atomic E-state index is -0.0421. The molecule has 0 amide bonds. The number of aliphatic imine (C=N–C) groups is 1. The Labute approximate surface area is 168 Å². The smallest absolute Gasteiger partial charge is 0.205 e. The molecule has 5 nitrogen and oxygen atoms in total. The van der Waals surface area contributed by atoms with Gasteiger partial charge in [-0.05, 0) is 18.1 Å². The van der Waals surface area contributed by atoms with Crippen molar-refractivity contribution in [3.63, 3.8) is 0 Å². The molecule has 2 aromatic carbocycles. The van der Waals surface area contributed by atoms with E-state index in [-0.39, 0.29) is 5.41 Å². The maximum absolute atomic E-state index is 9.12. The van der Waals surface area contributed by atoms with Gasteiger partial charge in [0.25, 0.3) is 0 Å². The first-order valence-electron chi connectivity index (χ1n) is 9.74. The van der Waals surface area contributed by atoms with E-state index in [1.807, 2.05) is 36.5 Å². The molecule has 0 aliphatic heterocycles. The molecular formula is C23H30N4O. The van der Waals surface area contributed by atoms with Crippen LogP contribution < -0.4 is 15.4 Å². The molecular weight excluding hydrogens is 348 g/mol. The fourth-order valence-electron chi connectivity index (χ4n) is 3.21. The molecule has 0 aromatic heterocycles. The second-order valence-corrected chi connectivity index (χ2v) is 7.10. The highest BCUT2D eigenvalue weighted by molar-refractivity contribution is 5.81. The lowest BCUT2D eigenvalue weighted by Crippen LogP contribution is -2.43. The van der Waals surface area contributed by atoms with Crippen molar-refractivity contribution in [2.45, 2.75) is 45.1 Å². The molecule has 0 spiro atoms. The van der Waals surface area contributed by atoms with Crippen LogP contribution in [0.15, 0.2) is 59.6 Å². The highest BCUT2D eigenvalue weighted by Gasteiger charge is 2.26. The summed E-state index contributed by atoms with van der Waals surface area (Å²) in [6.45, 7) is 5.58. The van der Waals surface area contributed by atoms with Crippen LogP contribution in [-0.4, -0.2) is 19.6 Å². The molecule has 28 heavy (non-hydrogen) atoms. The number of nitrogens with zero attached hydrogens (tertiary/aromatic N) is 2. The zero-order chi connectivity index (χ0) is 20.2. The zero-order valence-electron chi connectivity index (χ0n) is 17.0. The molecule has 0 bridgehead atoms. The van der Waals surface area contributed by atoms with Crippen molar-refractivity contribution in [3.05, 3.63) is 65.7 Å². The van der Waals surface area contributed by atoms with Crippen molar-refractivity contribution < 1.29 is 4.74 Å². The average molecular weight is 379 g/mol. The Balaban J connectivity index is 2.14. The molecule has 1 unspecified atom stereocenters. The van der Waals surface area contributed by atoms with Crippen LogP contribution >= 0.6 is 0 Å². The fraction of sp³-hybridized carbons (Fsp3) is 0.391. The Kier molecular flexibility index (Phi) is 8.36. The van der Waals surface area contributed by atoms with E-state index < -0.39 is 0 Å². The van der Waals surface area contributed by atoms with Gasteiger partial charge in [-0.3, -0.25) is 5.32 Å². The van der Waals surface area contributed by atoms with E-state index in [1.165, 1.54) is 5.56 Å². The second-order valence-electron chi connectivity index (χ2n) is 7.10. The molecule has 2 N–H and O–H groups in total. The fourth-order valence-corrected chi connectivity index (χ4v) is 3.21. The number of ether oxygens (including phenoxy) is 1. The topological polar surface area (TPSA) is 69.4 Å². The summed E-state index contributed by atoms with van der Waals surface area (Å²) in [4.78, 5) is 4.56. The van der Waals surface area contributed by atoms with Gasteiger partial charge < -0.3 is 10.1 Å². The van der Waals surface area contributed by atoms with Crippen LogP contribution in [0.1, 0.15) is 44.2 Å². The highest BCUT2D eigenvalue weighted by Crippen LogP contribution is 2.29. The third-order valence-electron chi connectivity index (χ3n) is 4.97. The van der Waals surface area contributed by atoms with E-state index >= 15 is 0 Å². The maximum atomic E-state index is 9.12. The monoisotopic (exact) mass is 378 g/mol. The van der Waals surface area contributed by atoms with Crippen molar-refractivity contribution >= 4 is 5.96 Å². The normalized spacial score (nSPS) is 13.3. The number of guanidine groups is 1. The second kappa shape index (κ2) is 11.0. The van der Waals surface area contributed by atoms with Gasteiger partial charge in [0, 0.05) is 17.5 Å². The summed E-state index contributed by atoms with van der Waals surface area (Å²) in [5, 5.41) is 15.1. The lowest BCUT2D eigenvalue weighted by Gasteiger charge is -2.31. The number of unbranched alkanes of at least 4 members (excludes halogenated alkanes) is 1. The lowest BCUT2D eigenvalue weighted by atomic mass is 9.78. The Morgan fingerprint density at radius 2 is 1.86 bits per heavy atom. The summed E-state index contributed by atoms with van der Waals surface area (Å²) in [5.41, 5.74) is 2.22. The van der Waals surface area contributed by atoms with E-state index in [2.05, 4.69) is 53.7 Å². The highest BCUT2D eigenvalue weighted by atomic mass is 16.5. The van der Waals surface area contributed by atoms with E-state index in [9.17, 15) is 0 Å². The van der Waals surface area contributed by atoms with Crippen LogP contribution in [0.2, 0.25) is 0 Å². The molecule has 0 saturated heterocycles. The van der Waals surface area contributed by atoms with E-state index in [0.29, 0.717) is 19.0 Å². The molecule has 2 aromatic rings. The summed E-state index contributed by atoms with van der Waals surface area (Å²) in [6.07, 6.45) is 5.33. The van der Waals surface area contributed by atoms with E-state index in [0.717, 1.165) is 30.6 Å². The summed E-state index contributed by atoms with van der Waals surface area (Å²) in [5.74, 6) is 1.27. The molecule has 0 radical (unpaired) electrons. The SMILES string of the molecule is CCCCC(C)(CNC(=NCc1ccccc1OC)NC#N)c1ccccc1. The molecule has 1 atom stereocenters. The van der Waals surface area contributed by atoms with E-state index in [4.69, 9.17) is 10.00 Å². The molecule has 0 heterocycles. The minimum Gasteiger partial charge on any atom is -0.496 e. The van der Waals surface area contributed by atoms with Gasteiger partial charge in [0.1, 0.15) is 5.75 Å². The van der Waals surface area contributed by atoms with Crippen molar-refractivity contribution in [2.24, 2.45) is 4.99 Å². The quantitative estimate of drug-likeness (QED) is 0.294. The summed E-state index contributed by atoms with van der Waals surface area (Å²) < 4.78 is 5.38. The predicted octanol–water partition coefficient (Wildman–Crippen LogP) is 4.36. The molecule has 0 saturated carbocycles. The Morgan fingerprint density at radius 3 is 2.54 bits per heavy atom. The van der Waals surface area contributed by atoms with Crippen LogP contribution in [0.3, 0.4) is 0 Å². The van der Waals surface area contributed by atoms with E-state index in [1.54, 1.807) is 7.11 Å². The third kappa shape index (κ3) is 6.02. The van der Waals surface area contributed by atoms with Crippen molar-refractivity contribution in [3.8, 4) is 11.9 Å². The number of nitriles is 1. The molecule has 2 rings (SSSR count). The Hall–Kier alpha value is -3.00. The van der Waals surface area contributed by atoms with Gasteiger partial charge in [0.2, 0.25) is 5.96 Å². The first kappa shape index (κ1) is 21.3. The number of nitrogens with one attached hydrogen (secondary N) is 2. The Morgan fingerprint density at radius 1 is 1.14 bits per heavy atom. The molecule has 0 aliphatic rings. The van der Waals surface area contributed by atoms with Crippen LogP contribution in [0, 0.1) is 11.5 Å². The summed E-state index contributed by atoms with van der Waals surface area (Å²) in [7, 11) is 1.65. The first-order valence-corrected chi connectivity index (χ1v) is 9.74. The van der Waals surface area contributed by atoms with Crippen molar-refractivity contribution in [2.75, 3.05) is 13.7 Å². The van der Waals surface area contributed by atoms with Crippen LogP contribution in [-0.2, 0) is 12.0 Å². The third-order valence-corrected chi connectivity index (χ3v) is 4.97. The lowest BCUT2D eigenvalue weighted by molar-refractivity contribution is 0.408. The van der Waals surface area contributed by atoms with Gasteiger partial charge in [0.15, 0.2) is 6.19 Å². The molecule has 0 aliphatic carbocycles. The largest absolute Gasteiger partial charge is 0.496 e. The van der Waals surface area contributed by atoms with Crippen molar-refractivity contribution in [1.29, 1.82) is 5.26 Å². The van der Waals surface area contributed by atoms with Crippen LogP contribution in [0.4, 0.5) is 0 Å². The van der Waals surface area contributed by atoms with Gasteiger partial charge in [-0.15, -0.1) is 0 Å². The average Bonchev–Trinajstić information content (AvgIpc) is 2.75. The van der Waals surface area contributed by atoms with Gasteiger partial charge in [-0.25, -0.2) is 4.99 Å². The predicted molar refractivity (Wildman–Crippen MR) is 114 cm³/mol. The molecule has 0 fully saturated rings. The number of para-hydroxylation sites is 1. The Bertz CT molecular complexity index is 798. The van der Waals surface area contributed by atoms with Gasteiger partial charge in [0.05, 0.1) is 13.7 Å². The molecule has 5 heteroatoms. The van der Waals surface area contributed by atoms with Crippen molar-refractivity contribution in [1.82, 2.24) is 10.6 Å². The molecule has 148 valence electrons. The van der Waals surface area contributed by atoms with Gasteiger partial charge in [-0.2, -0.15) is 5.26 Å². The van der Waals surface area contributed by atoms with Crippen LogP contribution in [0.25, 0.3) is 0 Å². The number of hydrogen-bond donors (Lipinski definition) is 2. The number of hydrogen-bond acceptors (Lipinski definition) is 3. The van der Waals surface area contributed by atoms with Crippen LogP contribution in [0.5, 0.6) is 5.75 Å². The van der Waals surface area contributed by atoms with Gasteiger partial charge >= 0.3 is 0 Å². The maximum Gasteiger partial charge on any atom is 0.205 e. The first-order chi connectivity index (χ1) is 13.6. The summed E-state index contributed by atoms with van der Waals surface area (Å²) >= 11 is 0.